The van der Waals surface area contributed by atoms with Crippen molar-refractivity contribution in [2.24, 2.45) is 0 Å². The number of fused-ring (bicyclic) bond motifs is 1. The Morgan fingerprint density at radius 3 is 2.10 bits per heavy atom. The van der Waals surface area contributed by atoms with Crippen molar-refractivity contribution in [2.75, 3.05) is 39.2 Å². The van der Waals surface area contributed by atoms with Crippen LogP contribution in [0.15, 0.2) is 65.6 Å². The lowest BCUT2D eigenvalue weighted by molar-refractivity contribution is -0.276. The fraction of sp³-hybridized carbons (Fsp3) is 0.355. The number of amides is 2. The first kappa shape index (κ1) is 36.5. The molecule has 270 valence electrons. The molecule has 1 saturated heterocycles. The maximum atomic E-state index is 15.5. The Labute approximate surface area is 280 Å². The largest absolute Gasteiger partial charge is 0.573 e. The van der Waals surface area contributed by atoms with Crippen LogP contribution in [0.4, 0.5) is 36.4 Å². The summed E-state index contributed by atoms with van der Waals surface area (Å²) < 4.78 is 144. The Bertz CT molecular complexity index is 1920. The summed E-state index contributed by atoms with van der Waals surface area (Å²) in [5, 5.41) is 0. The molecule has 50 heavy (non-hydrogen) atoms. The number of anilines is 1. The molecule has 0 saturated carbocycles. The van der Waals surface area contributed by atoms with E-state index in [1.807, 2.05) is 0 Å². The zero-order valence-corrected chi connectivity index (χ0v) is 27.3. The van der Waals surface area contributed by atoms with Crippen molar-refractivity contribution in [3.05, 3.63) is 71.8 Å². The lowest BCUT2D eigenvalue weighted by Gasteiger charge is -2.42. The molecule has 1 fully saturated rings. The van der Waals surface area contributed by atoms with E-state index in [-0.39, 0.29) is 21.4 Å². The van der Waals surface area contributed by atoms with E-state index < -0.39 is 92.9 Å². The summed E-state index contributed by atoms with van der Waals surface area (Å²) in [6.07, 6.45) is -13.0. The molecule has 3 aromatic carbocycles. The molecule has 3 atom stereocenters. The van der Waals surface area contributed by atoms with Crippen molar-refractivity contribution in [2.45, 2.75) is 41.8 Å². The predicted octanol–water partition coefficient (Wildman–Crippen LogP) is 4.98. The highest BCUT2D eigenvalue weighted by atomic mass is 32.2. The van der Waals surface area contributed by atoms with E-state index >= 15 is 9.18 Å². The highest BCUT2D eigenvalue weighted by molar-refractivity contribution is 7.93. The number of methoxy groups -OCH3 is 2. The number of ether oxygens (including phenoxy) is 4. The maximum Gasteiger partial charge on any atom is 0.573 e. The van der Waals surface area contributed by atoms with Crippen molar-refractivity contribution in [1.82, 2.24) is 9.80 Å². The van der Waals surface area contributed by atoms with Crippen LogP contribution in [-0.2, 0) is 25.2 Å². The summed E-state index contributed by atoms with van der Waals surface area (Å²) in [6, 6.07) is 8.37. The minimum absolute atomic E-state index is 0.0833. The van der Waals surface area contributed by atoms with Gasteiger partial charge in [-0.3, -0.25) is 14.5 Å². The van der Waals surface area contributed by atoms with Crippen LogP contribution in [0.2, 0.25) is 0 Å². The van der Waals surface area contributed by atoms with Gasteiger partial charge < -0.3 is 23.8 Å². The molecular weight excluding hydrogens is 707 g/mol. The number of para-hydroxylation sites is 1. The van der Waals surface area contributed by atoms with E-state index in [1.54, 1.807) is 0 Å². The molecule has 2 heterocycles. The lowest BCUT2D eigenvalue weighted by atomic mass is 9.80. The summed E-state index contributed by atoms with van der Waals surface area (Å²) in [5.41, 5.74) is -4.03. The van der Waals surface area contributed by atoms with Crippen LogP contribution >= 0.6 is 0 Å². The summed E-state index contributed by atoms with van der Waals surface area (Å²) in [7, 11) is -0.555. The maximum absolute atomic E-state index is 15.5. The second-order valence-corrected chi connectivity index (χ2v) is 13.1. The van der Waals surface area contributed by atoms with Gasteiger partial charge in [0.25, 0.3) is 15.9 Å². The Balaban J connectivity index is 1.89. The summed E-state index contributed by atoms with van der Waals surface area (Å²) in [6.45, 7) is -0.712. The molecule has 11 nitrogen and oxygen atoms in total. The number of nitrogens with zero attached hydrogens (tertiary/aromatic N) is 3. The molecule has 2 aliphatic heterocycles. The second-order valence-electron chi connectivity index (χ2n) is 11.3. The average Bonchev–Trinajstić information content (AvgIpc) is 3.53. The minimum atomic E-state index is -5.49. The molecule has 5 rings (SSSR count). The molecule has 0 spiro atoms. The van der Waals surface area contributed by atoms with Crippen molar-refractivity contribution in [3.63, 3.8) is 0 Å². The number of likely N-dealkylation sites (tertiary alicyclic amines) is 1. The first-order valence-corrected chi connectivity index (χ1v) is 15.9. The highest BCUT2D eigenvalue weighted by Gasteiger charge is 2.64. The third-order valence-corrected chi connectivity index (χ3v) is 9.84. The normalized spacial score (nSPS) is 21.2. The third kappa shape index (κ3) is 6.34. The van der Waals surface area contributed by atoms with E-state index in [2.05, 4.69) is 9.47 Å². The monoisotopic (exact) mass is 735 g/mol. The smallest absolute Gasteiger partial charge is 0.497 e. The first-order chi connectivity index (χ1) is 23.3. The van der Waals surface area contributed by atoms with E-state index in [0.717, 1.165) is 29.0 Å². The highest BCUT2D eigenvalue weighted by Crippen LogP contribution is 2.56. The quantitative estimate of drug-likeness (QED) is 0.281. The number of rotatable bonds is 9. The standard InChI is InChI=1S/C31H28F7N3O8S/c1-39(2)27(42)23-13-17(32)16-40(23)29(20-7-5-6-8-24(20)47-4)21-14-19(48-30(33,34)35)9-11-22(21)41(28(29)43)50(44,45)26-12-10-18(46-3)15-25(26)49-31(36,37)38/h5-12,14-15,17,23H,13,16H2,1-4H3/t17-,23+,29?/m0/s1. The number of hydrogen-bond donors (Lipinski definition) is 0. The van der Waals surface area contributed by atoms with Crippen LogP contribution in [-0.4, -0.2) is 89.8 Å². The molecule has 0 bridgehead atoms. The predicted molar refractivity (Wildman–Crippen MR) is 160 cm³/mol. The van der Waals surface area contributed by atoms with E-state index in [4.69, 9.17) is 9.47 Å². The Hall–Kier alpha value is -4.78. The van der Waals surface area contributed by atoms with Crippen molar-refractivity contribution < 1.29 is 67.7 Å². The van der Waals surface area contributed by atoms with Gasteiger partial charge in [0.05, 0.1) is 25.9 Å². The SMILES string of the molecule is COc1ccc(S(=O)(=O)N2C(=O)C(c3ccccc3OC)(N3C[C@@H](F)C[C@@H]3C(=O)N(C)C)c3cc(OC(F)(F)F)ccc32)c(OC(F)(F)F)c1. The Kier molecular flexibility index (Phi) is 9.37. The number of hydrogen-bond acceptors (Lipinski definition) is 9. The van der Waals surface area contributed by atoms with Crippen LogP contribution in [0, 0.1) is 0 Å². The Morgan fingerprint density at radius 1 is 0.860 bits per heavy atom. The van der Waals surface area contributed by atoms with Gasteiger partial charge in [0.15, 0.2) is 11.3 Å². The van der Waals surface area contributed by atoms with Gasteiger partial charge in [-0.2, -0.15) is 0 Å². The van der Waals surface area contributed by atoms with Crippen molar-refractivity contribution >= 4 is 27.5 Å². The van der Waals surface area contributed by atoms with Crippen LogP contribution in [0.1, 0.15) is 17.5 Å². The van der Waals surface area contributed by atoms with E-state index in [0.29, 0.717) is 24.3 Å². The minimum Gasteiger partial charge on any atom is -0.497 e. The average molecular weight is 736 g/mol. The number of likely N-dealkylation sites (N-methyl/N-ethyl adjacent to an activating group) is 1. The summed E-state index contributed by atoms with van der Waals surface area (Å²) in [5.74, 6) is -4.86. The fourth-order valence-electron chi connectivity index (χ4n) is 6.24. The van der Waals surface area contributed by atoms with Gasteiger partial charge >= 0.3 is 12.7 Å². The zero-order valence-electron chi connectivity index (χ0n) is 26.5. The lowest BCUT2D eigenvalue weighted by Crippen LogP contribution is -2.59. The van der Waals surface area contributed by atoms with Gasteiger partial charge in [0, 0.05) is 44.3 Å². The van der Waals surface area contributed by atoms with Gasteiger partial charge in [-0.1, -0.05) is 18.2 Å². The van der Waals surface area contributed by atoms with Crippen LogP contribution in [0.5, 0.6) is 23.0 Å². The number of sulfonamides is 1. The van der Waals surface area contributed by atoms with E-state index in [1.165, 1.54) is 45.5 Å². The number of carbonyl (C=O) groups excluding carboxylic acids is 2. The molecule has 1 unspecified atom stereocenters. The number of benzene rings is 3. The second kappa shape index (κ2) is 12.8. The molecule has 0 aromatic heterocycles. The van der Waals surface area contributed by atoms with Crippen LogP contribution in [0.25, 0.3) is 0 Å². The number of alkyl halides is 7. The third-order valence-electron chi connectivity index (χ3n) is 8.10. The first-order valence-electron chi connectivity index (χ1n) is 14.5. The number of halogens is 7. The fourth-order valence-corrected chi connectivity index (χ4v) is 7.80. The zero-order chi connectivity index (χ0) is 37.0. The molecule has 19 heteroatoms. The summed E-state index contributed by atoms with van der Waals surface area (Å²) >= 11 is 0. The van der Waals surface area contributed by atoms with Gasteiger partial charge in [0.1, 0.15) is 28.3 Å². The molecule has 2 amide bonds. The van der Waals surface area contributed by atoms with Gasteiger partial charge in [-0.25, -0.2) is 17.1 Å². The molecule has 0 aliphatic carbocycles. The van der Waals surface area contributed by atoms with Gasteiger partial charge in [-0.15, -0.1) is 26.3 Å². The molecule has 0 N–H and O–H groups in total. The molecule has 0 radical (unpaired) electrons. The van der Waals surface area contributed by atoms with Gasteiger partial charge in [0.2, 0.25) is 5.91 Å². The summed E-state index contributed by atoms with van der Waals surface area (Å²) in [4.78, 5) is 29.6. The molecule has 2 aliphatic rings. The molecule has 3 aromatic rings. The van der Waals surface area contributed by atoms with E-state index in [9.17, 15) is 39.6 Å². The topological polar surface area (TPSA) is 115 Å². The number of carbonyl (C=O) groups is 2. The van der Waals surface area contributed by atoms with Crippen molar-refractivity contribution in [1.29, 1.82) is 0 Å². The van der Waals surface area contributed by atoms with Crippen molar-refractivity contribution in [3.8, 4) is 23.0 Å². The molecular formula is C31H28F7N3O8S. The van der Waals surface area contributed by atoms with Gasteiger partial charge in [-0.05, 0) is 36.4 Å². The van der Waals surface area contributed by atoms with Crippen LogP contribution < -0.4 is 23.3 Å². The van der Waals surface area contributed by atoms with Crippen LogP contribution in [0.3, 0.4) is 0 Å². The Morgan fingerprint density at radius 2 is 1.50 bits per heavy atom.